The van der Waals surface area contributed by atoms with Gasteiger partial charge in [-0.3, -0.25) is 0 Å². The quantitative estimate of drug-likeness (QED) is 0.685. The summed E-state index contributed by atoms with van der Waals surface area (Å²) in [5.74, 6) is 0.723. The van der Waals surface area contributed by atoms with E-state index in [0.29, 0.717) is 11.0 Å². The molecule has 2 unspecified atom stereocenters. The summed E-state index contributed by atoms with van der Waals surface area (Å²) >= 11 is 0. The van der Waals surface area contributed by atoms with Crippen molar-refractivity contribution in [1.82, 2.24) is 0 Å². The predicted octanol–water partition coefficient (Wildman–Crippen LogP) is 4.88. The Labute approximate surface area is 120 Å². The fourth-order valence-electron chi connectivity index (χ4n) is 4.63. The second-order valence-corrected chi connectivity index (χ2v) is 11.2. The van der Waals surface area contributed by atoms with Gasteiger partial charge in [-0.15, -0.1) is 0 Å². The summed E-state index contributed by atoms with van der Waals surface area (Å²) in [5.41, 5.74) is 1.85. The lowest BCUT2D eigenvalue weighted by atomic mass is 9.83. The van der Waals surface area contributed by atoms with Gasteiger partial charge in [-0.2, -0.15) is 0 Å². The molecule has 2 rings (SSSR count). The SMILES string of the molecule is CO[Si](OC)(C1CCCCC1)C1CCC(C)(C)C1C. The third-order valence-corrected chi connectivity index (χ3v) is 11.1. The lowest BCUT2D eigenvalue weighted by Crippen LogP contribution is -2.51. The second kappa shape index (κ2) is 5.86. The topological polar surface area (TPSA) is 18.5 Å². The fraction of sp³-hybridized carbons (Fsp3) is 1.00. The van der Waals surface area contributed by atoms with Crippen LogP contribution in [-0.4, -0.2) is 22.8 Å². The zero-order valence-electron chi connectivity index (χ0n) is 13.5. The van der Waals surface area contributed by atoms with Crippen molar-refractivity contribution < 1.29 is 8.85 Å². The van der Waals surface area contributed by atoms with Gasteiger partial charge in [-0.25, -0.2) is 0 Å². The number of rotatable bonds is 4. The van der Waals surface area contributed by atoms with Crippen molar-refractivity contribution in [3.63, 3.8) is 0 Å². The van der Waals surface area contributed by atoms with Crippen LogP contribution in [0.25, 0.3) is 0 Å². The highest BCUT2D eigenvalue weighted by Crippen LogP contribution is 2.57. The molecule has 2 aliphatic carbocycles. The Kier molecular flexibility index (Phi) is 4.79. The van der Waals surface area contributed by atoms with Crippen molar-refractivity contribution in [1.29, 1.82) is 0 Å². The van der Waals surface area contributed by atoms with Crippen molar-refractivity contribution in [2.45, 2.75) is 76.8 Å². The van der Waals surface area contributed by atoms with Crippen LogP contribution in [-0.2, 0) is 8.85 Å². The molecule has 0 amide bonds. The molecular formula is C16H32O2Si. The minimum atomic E-state index is -2.06. The van der Waals surface area contributed by atoms with Gasteiger partial charge < -0.3 is 8.85 Å². The molecule has 0 heterocycles. The maximum Gasteiger partial charge on any atom is 0.344 e. The molecule has 0 aliphatic heterocycles. The second-order valence-electron chi connectivity index (χ2n) is 7.39. The van der Waals surface area contributed by atoms with E-state index < -0.39 is 8.56 Å². The van der Waals surface area contributed by atoms with Crippen molar-refractivity contribution in [2.75, 3.05) is 14.2 Å². The van der Waals surface area contributed by atoms with Crippen molar-refractivity contribution in [2.24, 2.45) is 11.3 Å². The van der Waals surface area contributed by atoms with Gasteiger partial charge in [0.05, 0.1) is 0 Å². The van der Waals surface area contributed by atoms with Gasteiger partial charge in [0.15, 0.2) is 0 Å². The molecule has 0 aromatic carbocycles. The molecule has 0 aromatic heterocycles. The van der Waals surface area contributed by atoms with Crippen LogP contribution >= 0.6 is 0 Å². The Balaban J connectivity index is 2.23. The number of hydrogen-bond acceptors (Lipinski definition) is 2. The van der Waals surface area contributed by atoms with Crippen LogP contribution < -0.4 is 0 Å². The molecule has 0 aromatic rings. The zero-order valence-corrected chi connectivity index (χ0v) is 14.5. The maximum absolute atomic E-state index is 6.19. The normalized spacial score (nSPS) is 32.7. The molecule has 2 nitrogen and oxygen atoms in total. The molecule has 112 valence electrons. The van der Waals surface area contributed by atoms with E-state index in [1.807, 2.05) is 14.2 Å². The Hall–Kier alpha value is 0.137. The summed E-state index contributed by atoms with van der Waals surface area (Å²) < 4.78 is 12.4. The molecule has 2 aliphatic rings. The first-order chi connectivity index (χ1) is 8.98. The van der Waals surface area contributed by atoms with E-state index in [9.17, 15) is 0 Å². The lowest BCUT2D eigenvalue weighted by Gasteiger charge is -2.44. The van der Waals surface area contributed by atoms with Gasteiger partial charge in [-0.1, -0.05) is 40.0 Å². The summed E-state index contributed by atoms with van der Waals surface area (Å²) in [7, 11) is 1.78. The van der Waals surface area contributed by atoms with Crippen LogP contribution in [0.15, 0.2) is 0 Å². The highest BCUT2D eigenvalue weighted by molar-refractivity contribution is 6.70. The molecule has 19 heavy (non-hydrogen) atoms. The van der Waals surface area contributed by atoms with Crippen LogP contribution in [0.1, 0.15) is 65.7 Å². The van der Waals surface area contributed by atoms with Crippen molar-refractivity contribution >= 4 is 8.56 Å². The molecule has 2 atom stereocenters. The van der Waals surface area contributed by atoms with Gasteiger partial charge in [0.2, 0.25) is 0 Å². The Morgan fingerprint density at radius 2 is 1.53 bits per heavy atom. The lowest BCUT2D eigenvalue weighted by molar-refractivity contribution is 0.183. The average Bonchev–Trinajstić information content (AvgIpc) is 2.70. The van der Waals surface area contributed by atoms with E-state index in [4.69, 9.17) is 8.85 Å². The predicted molar refractivity (Wildman–Crippen MR) is 82.5 cm³/mol. The molecule has 0 radical (unpaired) electrons. The summed E-state index contributed by atoms with van der Waals surface area (Å²) in [5, 5.41) is 0. The summed E-state index contributed by atoms with van der Waals surface area (Å²) in [6.45, 7) is 7.27. The molecular weight excluding hydrogens is 252 g/mol. The zero-order chi connectivity index (χ0) is 14.1. The Morgan fingerprint density at radius 1 is 0.947 bits per heavy atom. The largest absolute Gasteiger partial charge is 0.397 e. The minimum absolute atomic E-state index is 0.453. The first kappa shape index (κ1) is 15.5. The summed E-state index contributed by atoms with van der Waals surface area (Å²) in [6.07, 6.45) is 9.44. The van der Waals surface area contributed by atoms with E-state index >= 15 is 0 Å². The monoisotopic (exact) mass is 284 g/mol. The van der Waals surface area contributed by atoms with Crippen molar-refractivity contribution in [3.05, 3.63) is 0 Å². The molecule has 3 heteroatoms. The third-order valence-electron chi connectivity index (χ3n) is 6.26. The van der Waals surface area contributed by atoms with E-state index in [0.717, 1.165) is 11.5 Å². The van der Waals surface area contributed by atoms with Crippen LogP contribution in [0.2, 0.25) is 11.1 Å². The Morgan fingerprint density at radius 3 is 1.95 bits per heavy atom. The molecule has 0 spiro atoms. The van der Waals surface area contributed by atoms with Gasteiger partial charge in [-0.05, 0) is 37.0 Å². The molecule has 2 saturated carbocycles. The fourth-order valence-corrected chi connectivity index (χ4v) is 9.58. The van der Waals surface area contributed by atoms with Crippen LogP contribution in [0.3, 0.4) is 0 Å². The molecule has 0 saturated heterocycles. The first-order valence-corrected chi connectivity index (χ1v) is 10.1. The minimum Gasteiger partial charge on any atom is -0.397 e. The highest BCUT2D eigenvalue weighted by Gasteiger charge is 2.57. The van der Waals surface area contributed by atoms with Gasteiger partial charge in [0.25, 0.3) is 0 Å². The van der Waals surface area contributed by atoms with Crippen molar-refractivity contribution in [3.8, 4) is 0 Å². The summed E-state index contributed by atoms with van der Waals surface area (Å²) in [4.78, 5) is 0. The number of hydrogen-bond donors (Lipinski definition) is 0. The standard InChI is InChI=1S/C16H32O2Si/c1-13-15(11-12-16(13,2)3)19(17-4,18-5)14-9-7-6-8-10-14/h13-15H,6-12H2,1-5H3. The smallest absolute Gasteiger partial charge is 0.344 e. The third kappa shape index (κ3) is 2.66. The molecule has 2 fully saturated rings. The average molecular weight is 285 g/mol. The van der Waals surface area contributed by atoms with Crippen LogP contribution in [0.4, 0.5) is 0 Å². The van der Waals surface area contributed by atoms with E-state index in [1.165, 1.54) is 44.9 Å². The Bertz CT molecular complexity index is 293. The van der Waals surface area contributed by atoms with Crippen LogP contribution in [0, 0.1) is 11.3 Å². The maximum atomic E-state index is 6.19. The molecule has 0 N–H and O–H groups in total. The van der Waals surface area contributed by atoms with Gasteiger partial charge in [0.1, 0.15) is 0 Å². The van der Waals surface area contributed by atoms with E-state index in [1.54, 1.807) is 0 Å². The van der Waals surface area contributed by atoms with E-state index in [2.05, 4.69) is 20.8 Å². The van der Waals surface area contributed by atoms with Gasteiger partial charge in [0, 0.05) is 25.3 Å². The first-order valence-electron chi connectivity index (χ1n) is 8.08. The molecule has 0 bridgehead atoms. The van der Waals surface area contributed by atoms with E-state index in [-0.39, 0.29) is 0 Å². The van der Waals surface area contributed by atoms with Crippen LogP contribution in [0.5, 0.6) is 0 Å². The summed E-state index contributed by atoms with van der Waals surface area (Å²) in [6, 6.07) is 0. The highest BCUT2D eigenvalue weighted by atomic mass is 28.4. The van der Waals surface area contributed by atoms with Gasteiger partial charge >= 0.3 is 8.56 Å².